The van der Waals surface area contributed by atoms with Crippen LogP contribution >= 0.6 is 0 Å². The SMILES string of the molecule is O=C(c1ccc([N+](=O)[O-])cc1)N1CCN(Cc2cccc3ccccc23)CC1. The third-order valence-corrected chi connectivity index (χ3v) is 5.26. The molecule has 0 unspecified atom stereocenters. The van der Waals surface area contributed by atoms with Gasteiger partial charge in [0.15, 0.2) is 0 Å². The second kappa shape index (κ2) is 7.78. The molecule has 6 nitrogen and oxygen atoms in total. The van der Waals surface area contributed by atoms with Gasteiger partial charge in [0.1, 0.15) is 0 Å². The Labute approximate surface area is 163 Å². The van der Waals surface area contributed by atoms with Gasteiger partial charge >= 0.3 is 0 Å². The molecule has 1 aliphatic rings. The van der Waals surface area contributed by atoms with Crippen molar-refractivity contribution in [3.05, 3.63) is 88.0 Å². The zero-order valence-electron chi connectivity index (χ0n) is 15.5. The molecule has 0 saturated carbocycles. The van der Waals surface area contributed by atoms with Crippen LogP contribution in [0.25, 0.3) is 10.8 Å². The molecular weight excluding hydrogens is 354 g/mol. The van der Waals surface area contributed by atoms with Gasteiger partial charge < -0.3 is 4.90 Å². The first-order chi connectivity index (χ1) is 13.6. The maximum atomic E-state index is 12.7. The summed E-state index contributed by atoms with van der Waals surface area (Å²) in [6.45, 7) is 3.78. The molecule has 0 bridgehead atoms. The van der Waals surface area contributed by atoms with E-state index in [-0.39, 0.29) is 11.6 Å². The Morgan fingerprint density at radius 1 is 0.893 bits per heavy atom. The molecule has 0 N–H and O–H groups in total. The Hall–Kier alpha value is -3.25. The largest absolute Gasteiger partial charge is 0.336 e. The van der Waals surface area contributed by atoms with E-state index in [1.54, 1.807) is 0 Å². The number of nitrogens with zero attached hydrogens (tertiary/aromatic N) is 3. The first kappa shape index (κ1) is 18.1. The van der Waals surface area contributed by atoms with Crippen molar-refractivity contribution in [3.63, 3.8) is 0 Å². The highest BCUT2D eigenvalue weighted by Gasteiger charge is 2.23. The van der Waals surface area contributed by atoms with Crippen LogP contribution in [0.2, 0.25) is 0 Å². The van der Waals surface area contributed by atoms with Gasteiger partial charge in [-0.2, -0.15) is 0 Å². The summed E-state index contributed by atoms with van der Waals surface area (Å²) in [4.78, 5) is 27.1. The molecule has 1 heterocycles. The number of amides is 1. The van der Waals surface area contributed by atoms with Crippen molar-refractivity contribution in [2.45, 2.75) is 6.54 Å². The second-order valence-electron chi connectivity index (χ2n) is 7.01. The van der Waals surface area contributed by atoms with E-state index in [0.717, 1.165) is 19.6 Å². The highest BCUT2D eigenvalue weighted by atomic mass is 16.6. The molecule has 3 aromatic rings. The number of rotatable bonds is 4. The Morgan fingerprint density at radius 2 is 1.57 bits per heavy atom. The van der Waals surface area contributed by atoms with Gasteiger partial charge in [0.05, 0.1) is 4.92 Å². The number of carbonyl (C=O) groups excluding carboxylic acids is 1. The Kier molecular flexibility index (Phi) is 5.04. The first-order valence-corrected chi connectivity index (χ1v) is 9.34. The number of benzene rings is 3. The van der Waals surface area contributed by atoms with E-state index in [9.17, 15) is 14.9 Å². The zero-order valence-corrected chi connectivity index (χ0v) is 15.5. The van der Waals surface area contributed by atoms with E-state index in [1.807, 2.05) is 4.90 Å². The van der Waals surface area contributed by atoms with Crippen molar-refractivity contribution in [2.24, 2.45) is 0 Å². The van der Waals surface area contributed by atoms with Crippen LogP contribution in [0, 0.1) is 10.1 Å². The molecule has 0 radical (unpaired) electrons. The third-order valence-electron chi connectivity index (χ3n) is 5.26. The molecule has 0 atom stereocenters. The molecule has 6 heteroatoms. The van der Waals surface area contributed by atoms with Gasteiger partial charge in [-0.15, -0.1) is 0 Å². The fourth-order valence-corrected chi connectivity index (χ4v) is 3.69. The molecule has 1 fully saturated rings. The standard InChI is InChI=1S/C22H21N3O3/c26-22(18-8-10-20(11-9-18)25(27)28)24-14-12-23(13-15-24)16-19-6-3-5-17-4-1-2-7-21(17)19/h1-11H,12-16H2. The monoisotopic (exact) mass is 375 g/mol. The van der Waals surface area contributed by atoms with E-state index in [0.29, 0.717) is 18.7 Å². The lowest BCUT2D eigenvalue weighted by Gasteiger charge is -2.35. The number of fused-ring (bicyclic) bond motifs is 1. The molecule has 1 aliphatic heterocycles. The van der Waals surface area contributed by atoms with Gasteiger partial charge in [-0.25, -0.2) is 0 Å². The lowest BCUT2D eigenvalue weighted by Crippen LogP contribution is -2.48. The van der Waals surface area contributed by atoms with Crippen molar-refractivity contribution in [3.8, 4) is 0 Å². The number of carbonyl (C=O) groups is 1. The van der Waals surface area contributed by atoms with Gasteiger partial charge in [-0.3, -0.25) is 19.8 Å². The first-order valence-electron chi connectivity index (χ1n) is 9.34. The van der Waals surface area contributed by atoms with Crippen LogP contribution in [0.3, 0.4) is 0 Å². The quantitative estimate of drug-likeness (QED) is 0.515. The van der Waals surface area contributed by atoms with Crippen LogP contribution in [0.15, 0.2) is 66.7 Å². The summed E-state index contributed by atoms with van der Waals surface area (Å²) in [5, 5.41) is 13.3. The van der Waals surface area contributed by atoms with Gasteiger partial charge in [0.25, 0.3) is 11.6 Å². The molecule has 28 heavy (non-hydrogen) atoms. The van der Waals surface area contributed by atoms with E-state index in [1.165, 1.54) is 40.6 Å². The Morgan fingerprint density at radius 3 is 2.29 bits per heavy atom. The average molecular weight is 375 g/mol. The van der Waals surface area contributed by atoms with Crippen LogP contribution < -0.4 is 0 Å². The minimum Gasteiger partial charge on any atom is -0.336 e. The smallest absolute Gasteiger partial charge is 0.269 e. The van der Waals surface area contributed by atoms with Crippen molar-refractivity contribution in [1.29, 1.82) is 0 Å². The summed E-state index contributed by atoms with van der Waals surface area (Å²) in [6.07, 6.45) is 0. The summed E-state index contributed by atoms with van der Waals surface area (Å²) < 4.78 is 0. The molecular formula is C22H21N3O3. The van der Waals surface area contributed by atoms with E-state index in [4.69, 9.17) is 0 Å². The maximum Gasteiger partial charge on any atom is 0.269 e. The summed E-state index contributed by atoms with van der Waals surface area (Å²) in [6, 6.07) is 20.6. The summed E-state index contributed by atoms with van der Waals surface area (Å²) in [7, 11) is 0. The topological polar surface area (TPSA) is 66.7 Å². The Bertz CT molecular complexity index is 1000. The summed E-state index contributed by atoms with van der Waals surface area (Å²) in [5.41, 5.74) is 1.79. The lowest BCUT2D eigenvalue weighted by atomic mass is 10.0. The molecule has 142 valence electrons. The molecule has 3 aromatic carbocycles. The highest BCUT2D eigenvalue weighted by Crippen LogP contribution is 2.21. The third kappa shape index (κ3) is 3.73. The molecule has 0 aromatic heterocycles. The number of nitro groups is 1. The molecule has 0 aliphatic carbocycles. The zero-order chi connectivity index (χ0) is 19.5. The fraction of sp³-hybridized carbons (Fsp3) is 0.227. The van der Waals surface area contributed by atoms with Crippen molar-refractivity contribution in [2.75, 3.05) is 26.2 Å². The number of non-ortho nitro benzene ring substituents is 1. The number of hydrogen-bond donors (Lipinski definition) is 0. The molecule has 1 saturated heterocycles. The van der Waals surface area contributed by atoms with Gasteiger partial charge in [0, 0.05) is 50.4 Å². The van der Waals surface area contributed by atoms with Crippen LogP contribution in [0.4, 0.5) is 5.69 Å². The molecule has 1 amide bonds. The highest BCUT2D eigenvalue weighted by molar-refractivity contribution is 5.94. The number of hydrogen-bond acceptors (Lipinski definition) is 4. The van der Waals surface area contributed by atoms with Crippen LogP contribution in [-0.4, -0.2) is 46.8 Å². The van der Waals surface area contributed by atoms with Crippen LogP contribution in [-0.2, 0) is 6.54 Å². The van der Waals surface area contributed by atoms with Crippen molar-refractivity contribution >= 4 is 22.4 Å². The maximum absolute atomic E-state index is 12.7. The van der Waals surface area contributed by atoms with Gasteiger partial charge in [-0.05, 0) is 28.5 Å². The predicted molar refractivity (Wildman–Crippen MR) is 108 cm³/mol. The lowest BCUT2D eigenvalue weighted by molar-refractivity contribution is -0.384. The normalized spacial score (nSPS) is 14.9. The van der Waals surface area contributed by atoms with Crippen molar-refractivity contribution in [1.82, 2.24) is 9.80 Å². The molecule has 4 rings (SSSR count). The predicted octanol–water partition coefficient (Wildman–Crippen LogP) is 3.71. The van der Waals surface area contributed by atoms with E-state index in [2.05, 4.69) is 47.4 Å². The van der Waals surface area contributed by atoms with Crippen LogP contribution in [0.5, 0.6) is 0 Å². The van der Waals surface area contributed by atoms with E-state index >= 15 is 0 Å². The minimum absolute atomic E-state index is 0.00328. The van der Waals surface area contributed by atoms with E-state index < -0.39 is 4.92 Å². The van der Waals surface area contributed by atoms with Gasteiger partial charge in [-0.1, -0.05) is 42.5 Å². The summed E-state index contributed by atoms with van der Waals surface area (Å²) >= 11 is 0. The minimum atomic E-state index is -0.458. The number of nitro benzene ring substituents is 1. The van der Waals surface area contributed by atoms with Crippen molar-refractivity contribution < 1.29 is 9.72 Å². The fourth-order valence-electron chi connectivity index (χ4n) is 3.69. The average Bonchev–Trinajstić information content (AvgIpc) is 2.74. The van der Waals surface area contributed by atoms with Gasteiger partial charge in [0.2, 0.25) is 0 Å². The molecule has 0 spiro atoms. The summed E-state index contributed by atoms with van der Waals surface area (Å²) in [5.74, 6) is -0.0697. The second-order valence-corrected chi connectivity index (χ2v) is 7.01. The van der Waals surface area contributed by atoms with Crippen LogP contribution in [0.1, 0.15) is 15.9 Å². The number of piperazine rings is 1. The Balaban J connectivity index is 1.39.